The largest absolute Gasteiger partial charge is 0.461 e. The van der Waals surface area contributed by atoms with Gasteiger partial charge in [-0.15, -0.1) is 10.2 Å². The zero-order chi connectivity index (χ0) is 18.1. The number of ketones is 1. The van der Waals surface area contributed by atoms with E-state index < -0.39 is 0 Å². The molecule has 2 heterocycles. The lowest BCUT2D eigenvalue weighted by Crippen LogP contribution is -2.05. The van der Waals surface area contributed by atoms with E-state index in [1.165, 1.54) is 11.1 Å². The summed E-state index contributed by atoms with van der Waals surface area (Å²) in [4.78, 5) is 12.0. The zero-order valence-electron chi connectivity index (χ0n) is 15.1. The van der Waals surface area contributed by atoms with Gasteiger partial charge >= 0.3 is 0 Å². The maximum Gasteiger partial charge on any atom is 0.200 e. The van der Waals surface area contributed by atoms with E-state index in [4.69, 9.17) is 4.42 Å². The van der Waals surface area contributed by atoms with Gasteiger partial charge in [0.1, 0.15) is 0 Å². The van der Waals surface area contributed by atoms with Gasteiger partial charge in [0.15, 0.2) is 22.5 Å². The molecule has 2 aromatic heterocycles. The lowest BCUT2D eigenvalue weighted by molar-refractivity contribution is 0.101. The molecule has 1 aromatic carbocycles. The van der Waals surface area contributed by atoms with Crippen LogP contribution in [0.25, 0.3) is 11.6 Å². The van der Waals surface area contributed by atoms with Crippen LogP contribution in [0.4, 0.5) is 0 Å². The summed E-state index contributed by atoms with van der Waals surface area (Å²) in [5.41, 5.74) is 5.31. The third-order valence-corrected chi connectivity index (χ3v) is 5.45. The topological polar surface area (TPSA) is 60.9 Å². The summed E-state index contributed by atoms with van der Waals surface area (Å²) in [6, 6.07) is 5.79. The summed E-state index contributed by atoms with van der Waals surface area (Å²) < 4.78 is 7.32. The van der Waals surface area contributed by atoms with Crippen molar-refractivity contribution in [3.8, 4) is 11.6 Å². The molecular formula is C19H21N3O2S. The zero-order valence-corrected chi connectivity index (χ0v) is 15.9. The van der Waals surface area contributed by atoms with E-state index in [0.717, 1.165) is 27.6 Å². The van der Waals surface area contributed by atoms with Crippen LogP contribution in [0.2, 0.25) is 0 Å². The molecule has 0 bridgehead atoms. The normalized spacial score (nSPS) is 11.1. The number of nitrogens with zero attached hydrogens (tertiary/aromatic N) is 3. The lowest BCUT2D eigenvalue weighted by Gasteiger charge is -2.15. The average molecular weight is 355 g/mol. The second-order valence-electron chi connectivity index (χ2n) is 6.18. The van der Waals surface area contributed by atoms with Crippen molar-refractivity contribution in [2.75, 3.05) is 0 Å². The number of aryl methyl sites for hydroxylation is 2. The van der Waals surface area contributed by atoms with E-state index in [9.17, 15) is 4.79 Å². The molecule has 25 heavy (non-hydrogen) atoms. The van der Waals surface area contributed by atoms with Crippen molar-refractivity contribution < 1.29 is 9.21 Å². The van der Waals surface area contributed by atoms with Crippen molar-refractivity contribution >= 4 is 17.5 Å². The summed E-state index contributed by atoms with van der Waals surface area (Å²) in [6.07, 6.45) is 1.62. The Kier molecular flexibility index (Phi) is 4.81. The van der Waals surface area contributed by atoms with Gasteiger partial charge in [-0.05, 0) is 62.1 Å². The van der Waals surface area contributed by atoms with Gasteiger partial charge in [-0.1, -0.05) is 17.8 Å². The van der Waals surface area contributed by atoms with E-state index in [1.54, 1.807) is 24.9 Å². The molecule has 0 saturated heterocycles. The minimum Gasteiger partial charge on any atom is -0.461 e. The quantitative estimate of drug-likeness (QED) is 0.498. The Labute approximate surface area is 151 Å². The number of Topliss-reactive ketones (excluding diaryl/α,β-unsaturated/α-hetero) is 1. The smallest absolute Gasteiger partial charge is 0.200 e. The SMILES string of the molecule is CC(=O)c1c(C)cc(C)c(CSc2nnc(-c3ccco3)n2C)c1C. The molecule has 0 atom stereocenters. The molecule has 0 radical (unpaired) electrons. The maximum absolute atomic E-state index is 12.0. The highest BCUT2D eigenvalue weighted by atomic mass is 32.2. The average Bonchev–Trinajstić information content (AvgIpc) is 3.16. The second kappa shape index (κ2) is 6.88. The lowest BCUT2D eigenvalue weighted by atomic mass is 9.92. The van der Waals surface area contributed by atoms with Crippen LogP contribution in [0.3, 0.4) is 0 Å². The van der Waals surface area contributed by atoms with E-state index in [-0.39, 0.29) is 5.78 Å². The fraction of sp³-hybridized carbons (Fsp3) is 0.316. The first-order chi connectivity index (χ1) is 11.9. The van der Waals surface area contributed by atoms with Crippen LogP contribution in [0.15, 0.2) is 34.0 Å². The van der Waals surface area contributed by atoms with Gasteiger partial charge in [-0.25, -0.2) is 0 Å². The van der Waals surface area contributed by atoms with E-state index in [0.29, 0.717) is 11.6 Å². The predicted octanol–water partition coefficient (Wildman–Crippen LogP) is 4.50. The minimum atomic E-state index is 0.111. The number of hydrogen-bond donors (Lipinski definition) is 0. The molecule has 0 unspecified atom stereocenters. The van der Waals surface area contributed by atoms with Crippen LogP contribution in [0.1, 0.15) is 39.5 Å². The molecule has 0 spiro atoms. The number of furan rings is 1. The van der Waals surface area contributed by atoms with Gasteiger partial charge in [0.05, 0.1) is 6.26 Å². The molecule has 5 nitrogen and oxygen atoms in total. The van der Waals surface area contributed by atoms with Crippen molar-refractivity contribution in [1.29, 1.82) is 0 Å². The summed E-state index contributed by atoms with van der Waals surface area (Å²) in [5, 5.41) is 9.30. The standard InChI is InChI=1S/C19H21N3O2S/c1-11-9-12(2)17(14(4)23)13(3)15(11)10-25-19-21-20-18(22(19)5)16-7-6-8-24-16/h6-9H,10H2,1-5H3. The van der Waals surface area contributed by atoms with Gasteiger partial charge in [-0.2, -0.15) is 0 Å². The predicted molar refractivity (Wildman–Crippen MR) is 98.9 cm³/mol. The monoisotopic (exact) mass is 355 g/mol. The highest BCUT2D eigenvalue weighted by molar-refractivity contribution is 7.98. The summed E-state index contributed by atoms with van der Waals surface area (Å²) in [6.45, 7) is 7.73. The van der Waals surface area contributed by atoms with Gasteiger partial charge in [0, 0.05) is 18.4 Å². The number of carbonyl (C=O) groups excluding carboxylic acids is 1. The van der Waals surface area contributed by atoms with Crippen molar-refractivity contribution in [1.82, 2.24) is 14.8 Å². The molecule has 130 valence electrons. The van der Waals surface area contributed by atoms with Crippen LogP contribution >= 0.6 is 11.8 Å². The first-order valence-corrected chi connectivity index (χ1v) is 9.05. The van der Waals surface area contributed by atoms with Gasteiger partial charge in [0.25, 0.3) is 0 Å². The number of carbonyl (C=O) groups is 1. The summed E-state index contributed by atoms with van der Waals surface area (Å²) >= 11 is 1.61. The van der Waals surface area contributed by atoms with Crippen LogP contribution < -0.4 is 0 Å². The number of thioether (sulfide) groups is 1. The molecule has 0 fully saturated rings. The van der Waals surface area contributed by atoms with Crippen molar-refractivity contribution in [2.45, 2.75) is 38.6 Å². The number of hydrogen-bond acceptors (Lipinski definition) is 5. The van der Waals surface area contributed by atoms with Crippen molar-refractivity contribution in [2.24, 2.45) is 7.05 Å². The second-order valence-corrected chi connectivity index (χ2v) is 7.12. The van der Waals surface area contributed by atoms with Gasteiger partial charge < -0.3 is 8.98 Å². The fourth-order valence-corrected chi connectivity index (χ4v) is 4.28. The number of aromatic nitrogens is 3. The van der Waals surface area contributed by atoms with Crippen molar-refractivity contribution in [3.63, 3.8) is 0 Å². The molecule has 0 aliphatic rings. The molecule has 3 rings (SSSR count). The first kappa shape index (κ1) is 17.5. The Morgan fingerprint density at radius 1 is 1.24 bits per heavy atom. The van der Waals surface area contributed by atoms with Crippen LogP contribution in [-0.4, -0.2) is 20.5 Å². The molecule has 3 aromatic rings. The molecular weight excluding hydrogens is 334 g/mol. The van der Waals surface area contributed by atoms with Gasteiger partial charge in [-0.3, -0.25) is 4.79 Å². The van der Waals surface area contributed by atoms with E-state index in [1.807, 2.05) is 37.6 Å². The van der Waals surface area contributed by atoms with Crippen LogP contribution in [-0.2, 0) is 12.8 Å². The maximum atomic E-state index is 12.0. The van der Waals surface area contributed by atoms with Gasteiger partial charge in [0.2, 0.25) is 0 Å². The van der Waals surface area contributed by atoms with Crippen LogP contribution in [0.5, 0.6) is 0 Å². The molecule has 6 heteroatoms. The summed E-state index contributed by atoms with van der Waals surface area (Å²) in [5.74, 6) is 2.25. The molecule has 0 N–H and O–H groups in total. The Morgan fingerprint density at radius 2 is 2.00 bits per heavy atom. The molecule has 0 aliphatic carbocycles. The van der Waals surface area contributed by atoms with E-state index in [2.05, 4.69) is 23.2 Å². The summed E-state index contributed by atoms with van der Waals surface area (Å²) in [7, 11) is 1.93. The molecule has 0 amide bonds. The minimum absolute atomic E-state index is 0.111. The Balaban J connectivity index is 1.88. The molecule has 0 aliphatic heterocycles. The van der Waals surface area contributed by atoms with Crippen molar-refractivity contribution in [3.05, 3.63) is 52.3 Å². The molecule has 0 saturated carbocycles. The highest BCUT2D eigenvalue weighted by Gasteiger charge is 2.17. The third-order valence-electron chi connectivity index (χ3n) is 4.41. The number of benzene rings is 1. The van der Waals surface area contributed by atoms with E-state index >= 15 is 0 Å². The third kappa shape index (κ3) is 3.26. The fourth-order valence-electron chi connectivity index (χ4n) is 3.19. The van der Waals surface area contributed by atoms with Crippen LogP contribution in [0, 0.1) is 20.8 Å². The first-order valence-electron chi connectivity index (χ1n) is 8.06. The number of rotatable bonds is 5. The Hall–Kier alpha value is -2.34. The Morgan fingerprint density at radius 3 is 2.64 bits per heavy atom. The highest BCUT2D eigenvalue weighted by Crippen LogP contribution is 2.30. The Bertz CT molecular complexity index is 927.